The normalized spacial score (nSPS) is 10.9. The Kier molecular flexibility index (Phi) is 5.66. The Morgan fingerprint density at radius 2 is 2.00 bits per heavy atom. The number of amides is 1. The van der Waals surface area contributed by atoms with Gasteiger partial charge in [-0.2, -0.15) is 4.98 Å². The summed E-state index contributed by atoms with van der Waals surface area (Å²) in [6, 6.07) is 15.3. The summed E-state index contributed by atoms with van der Waals surface area (Å²) in [6.07, 6.45) is 3.27. The summed E-state index contributed by atoms with van der Waals surface area (Å²) in [5.74, 6) is 1.53. The molecule has 27 heavy (non-hydrogen) atoms. The highest BCUT2D eigenvalue weighted by Crippen LogP contribution is 2.17. The number of carbonyl (C=O) groups is 1. The molecule has 0 aliphatic carbocycles. The molecule has 1 aromatic heterocycles. The van der Waals surface area contributed by atoms with Crippen molar-refractivity contribution in [2.45, 2.75) is 13.5 Å². The molecule has 0 spiro atoms. The molecule has 1 amide bonds. The lowest BCUT2D eigenvalue weighted by molar-refractivity contribution is -0.125. The van der Waals surface area contributed by atoms with Crippen LogP contribution in [0.1, 0.15) is 17.0 Å². The Balaban J connectivity index is 1.61. The maximum atomic E-state index is 12.3. The molecule has 0 saturated carbocycles. The van der Waals surface area contributed by atoms with Gasteiger partial charge in [0.2, 0.25) is 17.6 Å². The number of nitrogens with zero attached hydrogens (tertiary/aromatic N) is 3. The predicted molar refractivity (Wildman–Crippen MR) is 103 cm³/mol. The zero-order chi connectivity index (χ0) is 19.2. The number of carbonyl (C=O) groups excluding carboxylic acids is 1. The third-order valence-electron chi connectivity index (χ3n) is 4.03. The highest BCUT2D eigenvalue weighted by atomic mass is 16.5. The molecule has 0 aliphatic heterocycles. The summed E-state index contributed by atoms with van der Waals surface area (Å²) >= 11 is 0. The minimum absolute atomic E-state index is 0.152. The topological polar surface area (TPSA) is 68.5 Å². The van der Waals surface area contributed by atoms with Gasteiger partial charge in [-0.3, -0.25) is 4.79 Å². The van der Waals surface area contributed by atoms with Crippen molar-refractivity contribution in [2.75, 3.05) is 14.2 Å². The van der Waals surface area contributed by atoms with Crippen LogP contribution in [-0.4, -0.2) is 35.1 Å². The first-order valence-corrected chi connectivity index (χ1v) is 8.52. The maximum absolute atomic E-state index is 12.3. The van der Waals surface area contributed by atoms with E-state index < -0.39 is 0 Å². The molecule has 3 aromatic rings. The number of ether oxygens (including phenoxy) is 1. The maximum Gasteiger partial charge on any atom is 0.246 e. The molecule has 0 atom stereocenters. The first-order chi connectivity index (χ1) is 13.0. The van der Waals surface area contributed by atoms with Gasteiger partial charge in [0.25, 0.3) is 0 Å². The summed E-state index contributed by atoms with van der Waals surface area (Å²) in [5.41, 5.74) is 2.92. The van der Waals surface area contributed by atoms with Crippen molar-refractivity contribution in [2.24, 2.45) is 0 Å². The van der Waals surface area contributed by atoms with Gasteiger partial charge in [-0.25, -0.2) is 0 Å². The molecule has 0 radical (unpaired) electrons. The number of aromatic nitrogens is 2. The van der Waals surface area contributed by atoms with Gasteiger partial charge in [0.05, 0.1) is 13.7 Å². The Labute approximate surface area is 158 Å². The zero-order valence-corrected chi connectivity index (χ0v) is 15.5. The average Bonchev–Trinajstić information content (AvgIpc) is 3.15. The van der Waals surface area contributed by atoms with Crippen LogP contribution in [0.15, 0.2) is 59.1 Å². The number of methoxy groups -OCH3 is 1. The average molecular weight is 363 g/mol. The number of benzene rings is 2. The summed E-state index contributed by atoms with van der Waals surface area (Å²) in [7, 11) is 3.31. The third kappa shape index (κ3) is 4.82. The van der Waals surface area contributed by atoms with E-state index in [9.17, 15) is 4.79 Å². The van der Waals surface area contributed by atoms with Gasteiger partial charge in [0.1, 0.15) is 5.75 Å². The molecule has 6 heteroatoms. The van der Waals surface area contributed by atoms with Crippen LogP contribution >= 0.6 is 0 Å². The van der Waals surface area contributed by atoms with Crippen LogP contribution in [0.2, 0.25) is 0 Å². The van der Waals surface area contributed by atoms with Crippen molar-refractivity contribution in [3.8, 4) is 17.1 Å². The van der Waals surface area contributed by atoms with Crippen molar-refractivity contribution in [1.82, 2.24) is 15.0 Å². The van der Waals surface area contributed by atoms with Crippen LogP contribution in [0, 0.1) is 6.92 Å². The van der Waals surface area contributed by atoms with Crippen LogP contribution in [0.3, 0.4) is 0 Å². The van der Waals surface area contributed by atoms with E-state index in [0.29, 0.717) is 11.7 Å². The molecule has 0 saturated heterocycles. The summed E-state index contributed by atoms with van der Waals surface area (Å²) in [5, 5.41) is 4.00. The van der Waals surface area contributed by atoms with E-state index in [0.717, 1.165) is 22.4 Å². The molecule has 2 aromatic carbocycles. The van der Waals surface area contributed by atoms with Gasteiger partial charge in [0.15, 0.2) is 0 Å². The van der Waals surface area contributed by atoms with E-state index in [-0.39, 0.29) is 12.5 Å². The Bertz CT molecular complexity index is 945. The molecule has 138 valence electrons. The van der Waals surface area contributed by atoms with Gasteiger partial charge in [-0.1, -0.05) is 41.1 Å². The number of rotatable bonds is 6. The smallest absolute Gasteiger partial charge is 0.246 e. The minimum Gasteiger partial charge on any atom is -0.497 e. The number of likely N-dealkylation sites (N-methyl/N-ethyl adjacent to an activating group) is 1. The Morgan fingerprint density at radius 1 is 1.22 bits per heavy atom. The quantitative estimate of drug-likeness (QED) is 0.624. The van der Waals surface area contributed by atoms with Crippen molar-refractivity contribution in [1.29, 1.82) is 0 Å². The van der Waals surface area contributed by atoms with E-state index in [2.05, 4.69) is 10.1 Å². The van der Waals surface area contributed by atoms with Crippen molar-refractivity contribution in [3.05, 3.63) is 71.6 Å². The van der Waals surface area contributed by atoms with Gasteiger partial charge >= 0.3 is 0 Å². The summed E-state index contributed by atoms with van der Waals surface area (Å²) in [4.78, 5) is 18.2. The fourth-order valence-corrected chi connectivity index (χ4v) is 2.51. The van der Waals surface area contributed by atoms with Crippen LogP contribution < -0.4 is 4.74 Å². The highest BCUT2D eigenvalue weighted by molar-refractivity contribution is 5.91. The lowest BCUT2D eigenvalue weighted by Crippen LogP contribution is -2.24. The SMILES string of the molecule is COc1ccc(/C=C/C(=O)N(C)Cc2nc(-c3cccc(C)c3)no2)cc1. The van der Waals surface area contributed by atoms with E-state index in [4.69, 9.17) is 9.26 Å². The first kappa shape index (κ1) is 18.4. The minimum atomic E-state index is -0.152. The van der Waals surface area contributed by atoms with Crippen LogP contribution in [0.25, 0.3) is 17.5 Å². The summed E-state index contributed by atoms with van der Waals surface area (Å²) in [6.45, 7) is 2.25. The monoisotopic (exact) mass is 363 g/mol. The third-order valence-corrected chi connectivity index (χ3v) is 4.03. The molecule has 6 nitrogen and oxygen atoms in total. The van der Waals surface area contributed by atoms with Crippen molar-refractivity contribution >= 4 is 12.0 Å². The molecule has 0 aliphatic rings. The van der Waals surface area contributed by atoms with Crippen LogP contribution in [0.5, 0.6) is 5.75 Å². The lowest BCUT2D eigenvalue weighted by Gasteiger charge is -2.11. The number of aryl methyl sites for hydroxylation is 1. The molecule has 0 bridgehead atoms. The predicted octanol–water partition coefficient (Wildman–Crippen LogP) is 3.73. The molecule has 0 fully saturated rings. The zero-order valence-electron chi connectivity index (χ0n) is 15.5. The molecular weight excluding hydrogens is 342 g/mol. The molecule has 0 N–H and O–H groups in total. The fourth-order valence-electron chi connectivity index (χ4n) is 2.51. The second-order valence-electron chi connectivity index (χ2n) is 6.18. The second kappa shape index (κ2) is 8.31. The van der Waals surface area contributed by atoms with Gasteiger partial charge in [-0.15, -0.1) is 0 Å². The largest absolute Gasteiger partial charge is 0.497 e. The van der Waals surface area contributed by atoms with Crippen molar-refractivity contribution < 1.29 is 14.1 Å². The fraction of sp³-hybridized carbons (Fsp3) is 0.190. The Hall–Kier alpha value is -3.41. The van der Waals surface area contributed by atoms with E-state index in [1.54, 1.807) is 20.2 Å². The van der Waals surface area contributed by atoms with Gasteiger partial charge < -0.3 is 14.2 Å². The van der Waals surface area contributed by atoms with Gasteiger partial charge in [-0.05, 0) is 36.8 Å². The number of hydrogen-bond donors (Lipinski definition) is 0. The second-order valence-corrected chi connectivity index (χ2v) is 6.18. The van der Waals surface area contributed by atoms with E-state index in [1.165, 1.54) is 11.0 Å². The van der Waals surface area contributed by atoms with Crippen LogP contribution in [0.4, 0.5) is 0 Å². The van der Waals surface area contributed by atoms with E-state index in [1.807, 2.05) is 55.5 Å². The molecule has 0 unspecified atom stereocenters. The molecule has 3 rings (SSSR count). The summed E-state index contributed by atoms with van der Waals surface area (Å²) < 4.78 is 10.4. The number of hydrogen-bond acceptors (Lipinski definition) is 5. The van der Waals surface area contributed by atoms with E-state index >= 15 is 0 Å². The lowest BCUT2D eigenvalue weighted by atomic mass is 10.1. The molecule has 1 heterocycles. The highest BCUT2D eigenvalue weighted by Gasteiger charge is 2.13. The first-order valence-electron chi connectivity index (χ1n) is 8.52. The standard InChI is InChI=1S/C21H21N3O3/c1-15-5-4-6-17(13-15)21-22-19(27-23-21)14-24(2)20(25)12-9-16-7-10-18(26-3)11-8-16/h4-13H,14H2,1-3H3/b12-9+. The van der Waals surface area contributed by atoms with Gasteiger partial charge in [0, 0.05) is 18.7 Å². The van der Waals surface area contributed by atoms with Crippen LogP contribution in [-0.2, 0) is 11.3 Å². The van der Waals surface area contributed by atoms with Crippen molar-refractivity contribution in [3.63, 3.8) is 0 Å². The Morgan fingerprint density at radius 3 is 2.70 bits per heavy atom. The molecular formula is C21H21N3O3.